The number of hydrogen-bond donors (Lipinski definition) is 1. The fraction of sp³-hybridized carbons (Fsp3) is 0. The average Bonchev–Trinajstić information content (AvgIpc) is 2.75. The monoisotopic (exact) mass is 256 g/mol. The molecule has 0 saturated heterocycles. The van der Waals surface area contributed by atoms with Crippen LogP contribution >= 0.6 is 15.9 Å². The number of nitrogens with zero attached hydrogens (tertiary/aromatic N) is 3. The summed E-state index contributed by atoms with van der Waals surface area (Å²) in [5, 5.41) is 7.06. The van der Waals surface area contributed by atoms with Crippen molar-refractivity contribution >= 4 is 21.8 Å². The predicted molar refractivity (Wildman–Crippen MR) is 50.1 cm³/mol. The lowest BCUT2D eigenvalue weighted by Gasteiger charge is -2.00. The number of nitrogens with one attached hydrogen (secondary N) is 1. The molecule has 0 atom stereocenters. The van der Waals surface area contributed by atoms with Gasteiger partial charge in [0.2, 0.25) is 0 Å². The highest BCUT2D eigenvalue weighted by Gasteiger charge is 2.09. The van der Waals surface area contributed by atoms with Gasteiger partial charge in [-0.25, -0.2) is 4.68 Å². The number of carbonyl (C=O) groups is 1. The van der Waals surface area contributed by atoms with Crippen LogP contribution < -0.4 is 5.43 Å². The first-order valence-electron chi connectivity index (χ1n) is 3.67. The lowest BCUT2D eigenvalue weighted by molar-refractivity contribution is 0.0980. The minimum Gasteiger partial charge on any atom is -0.444 e. The van der Waals surface area contributed by atoms with Crippen molar-refractivity contribution in [2.24, 2.45) is 0 Å². The largest absolute Gasteiger partial charge is 0.444 e. The summed E-state index contributed by atoms with van der Waals surface area (Å²) in [5.41, 5.74) is 2.49. The van der Waals surface area contributed by atoms with Gasteiger partial charge < -0.3 is 4.42 Å². The van der Waals surface area contributed by atoms with E-state index in [0.29, 0.717) is 4.67 Å². The van der Waals surface area contributed by atoms with Gasteiger partial charge in [-0.05, 0) is 28.1 Å². The molecule has 0 fully saturated rings. The minimum atomic E-state index is -0.365. The average molecular weight is 257 g/mol. The molecule has 1 amide bonds. The van der Waals surface area contributed by atoms with Crippen LogP contribution in [0.25, 0.3) is 0 Å². The number of aromatic nitrogens is 3. The van der Waals surface area contributed by atoms with Crippen molar-refractivity contribution in [1.82, 2.24) is 14.9 Å². The van der Waals surface area contributed by atoms with E-state index in [1.165, 1.54) is 17.3 Å². The van der Waals surface area contributed by atoms with E-state index in [-0.39, 0.29) is 11.7 Å². The third-order valence-corrected chi connectivity index (χ3v) is 1.87. The molecule has 72 valence electrons. The molecule has 0 spiro atoms. The zero-order chi connectivity index (χ0) is 9.97. The Kier molecular flexibility index (Phi) is 2.32. The SMILES string of the molecule is O=C(Nn1cnnc1)c1ccc(Br)o1. The Bertz CT molecular complexity index is 436. The molecule has 0 aliphatic heterocycles. The third kappa shape index (κ3) is 1.82. The molecule has 2 aromatic heterocycles. The van der Waals surface area contributed by atoms with Crippen molar-refractivity contribution in [1.29, 1.82) is 0 Å². The molecule has 7 heteroatoms. The molecule has 0 aliphatic carbocycles. The molecule has 0 unspecified atom stereocenters. The lowest BCUT2D eigenvalue weighted by atomic mass is 10.4. The minimum absolute atomic E-state index is 0.213. The summed E-state index contributed by atoms with van der Waals surface area (Å²) in [6, 6.07) is 3.20. The Labute approximate surface area is 87.0 Å². The number of hydrogen-bond acceptors (Lipinski definition) is 4. The van der Waals surface area contributed by atoms with Gasteiger partial charge in [-0.3, -0.25) is 10.2 Å². The van der Waals surface area contributed by atoms with E-state index in [0.717, 1.165) is 0 Å². The highest BCUT2D eigenvalue weighted by atomic mass is 79.9. The molecule has 0 aromatic carbocycles. The van der Waals surface area contributed by atoms with Gasteiger partial charge in [0, 0.05) is 0 Å². The molecule has 14 heavy (non-hydrogen) atoms. The van der Waals surface area contributed by atoms with Crippen molar-refractivity contribution in [3.05, 3.63) is 35.2 Å². The smallest absolute Gasteiger partial charge is 0.305 e. The van der Waals surface area contributed by atoms with Gasteiger partial charge in [0.15, 0.2) is 10.4 Å². The Hall–Kier alpha value is -1.63. The molecule has 2 heterocycles. The first-order chi connectivity index (χ1) is 6.75. The molecule has 0 saturated carbocycles. The van der Waals surface area contributed by atoms with Crippen LogP contribution in [0.3, 0.4) is 0 Å². The van der Waals surface area contributed by atoms with Crippen LogP contribution in [0.4, 0.5) is 0 Å². The molecule has 6 nitrogen and oxygen atoms in total. The van der Waals surface area contributed by atoms with E-state index in [9.17, 15) is 4.79 Å². The van der Waals surface area contributed by atoms with Gasteiger partial charge in [0.1, 0.15) is 12.7 Å². The number of carbonyl (C=O) groups excluding carboxylic acids is 1. The predicted octanol–water partition coefficient (Wildman–Crippen LogP) is 1.02. The molecule has 1 N–H and O–H groups in total. The van der Waals surface area contributed by atoms with E-state index >= 15 is 0 Å². The molecular weight excluding hydrogens is 252 g/mol. The summed E-state index contributed by atoms with van der Waals surface area (Å²) in [4.78, 5) is 11.4. The van der Waals surface area contributed by atoms with E-state index in [4.69, 9.17) is 4.42 Å². The van der Waals surface area contributed by atoms with Crippen LogP contribution in [0.2, 0.25) is 0 Å². The standard InChI is InChI=1S/C7H5BrN4O2/c8-6-2-1-5(14-6)7(13)11-12-3-9-10-4-12/h1-4H,(H,11,13). The summed E-state index contributed by atoms with van der Waals surface area (Å²) >= 11 is 3.10. The molecular formula is C7H5BrN4O2. The normalized spacial score (nSPS) is 10.1. The van der Waals surface area contributed by atoms with Crippen LogP contribution in [0, 0.1) is 0 Å². The van der Waals surface area contributed by atoms with Gasteiger partial charge in [-0.2, -0.15) is 0 Å². The van der Waals surface area contributed by atoms with Crippen molar-refractivity contribution < 1.29 is 9.21 Å². The number of halogens is 1. The van der Waals surface area contributed by atoms with Gasteiger partial charge in [0.05, 0.1) is 0 Å². The van der Waals surface area contributed by atoms with E-state index in [1.807, 2.05) is 0 Å². The van der Waals surface area contributed by atoms with Crippen LogP contribution in [0.15, 0.2) is 33.9 Å². The number of furan rings is 1. The summed E-state index contributed by atoms with van der Waals surface area (Å²) in [6.07, 6.45) is 2.74. The second-order valence-corrected chi connectivity index (χ2v) is 3.20. The second-order valence-electron chi connectivity index (χ2n) is 2.41. The van der Waals surface area contributed by atoms with Crippen LogP contribution in [0.1, 0.15) is 10.6 Å². The molecule has 0 bridgehead atoms. The maximum Gasteiger partial charge on any atom is 0.305 e. The van der Waals surface area contributed by atoms with Gasteiger partial charge in [0.25, 0.3) is 0 Å². The van der Waals surface area contributed by atoms with Crippen molar-refractivity contribution in [3.8, 4) is 0 Å². The highest BCUT2D eigenvalue weighted by Crippen LogP contribution is 2.13. The maximum absolute atomic E-state index is 11.4. The Morgan fingerprint density at radius 1 is 1.43 bits per heavy atom. The lowest BCUT2D eigenvalue weighted by Crippen LogP contribution is -2.20. The summed E-state index contributed by atoms with van der Waals surface area (Å²) in [7, 11) is 0. The molecule has 0 radical (unpaired) electrons. The first kappa shape index (κ1) is 8.95. The molecule has 2 rings (SSSR count). The Morgan fingerprint density at radius 2 is 2.14 bits per heavy atom. The molecule has 2 aromatic rings. The summed E-state index contributed by atoms with van der Waals surface area (Å²) in [5.74, 6) is -0.152. The van der Waals surface area contributed by atoms with Gasteiger partial charge in [-0.1, -0.05) is 0 Å². The van der Waals surface area contributed by atoms with Crippen LogP contribution in [-0.2, 0) is 0 Å². The first-order valence-corrected chi connectivity index (χ1v) is 4.46. The maximum atomic E-state index is 11.4. The molecule has 0 aliphatic rings. The number of rotatable bonds is 2. The van der Waals surface area contributed by atoms with Crippen LogP contribution in [0.5, 0.6) is 0 Å². The van der Waals surface area contributed by atoms with E-state index < -0.39 is 0 Å². The van der Waals surface area contributed by atoms with Crippen molar-refractivity contribution in [3.63, 3.8) is 0 Å². The van der Waals surface area contributed by atoms with E-state index in [2.05, 4.69) is 31.6 Å². The Morgan fingerprint density at radius 3 is 2.71 bits per heavy atom. The van der Waals surface area contributed by atoms with Crippen LogP contribution in [-0.4, -0.2) is 20.8 Å². The second kappa shape index (κ2) is 3.62. The van der Waals surface area contributed by atoms with Crippen molar-refractivity contribution in [2.75, 3.05) is 5.43 Å². The van der Waals surface area contributed by atoms with Gasteiger partial charge in [-0.15, -0.1) is 10.2 Å². The highest BCUT2D eigenvalue weighted by molar-refractivity contribution is 9.10. The zero-order valence-corrected chi connectivity index (χ0v) is 8.43. The fourth-order valence-electron chi connectivity index (χ4n) is 0.867. The van der Waals surface area contributed by atoms with Gasteiger partial charge >= 0.3 is 5.91 Å². The number of amides is 1. The zero-order valence-electron chi connectivity index (χ0n) is 6.85. The third-order valence-electron chi connectivity index (χ3n) is 1.45. The fourth-order valence-corrected chi connectivity index (χ4v) is 1.17. The van der Waals surface area contributed by atoms with E-state index in [1.54, 1.807) is 12.1 Å². The topological polar surface area (TPSA) is 73.0 Å². The quantitative estimate of drug-likeness (QED) is 0.871. The summed E-state index contributed by atoms with van der Waals surface area (Å²) < 4.78 is 6.88. The van der Waals surface area contributed by atoms with Crippen molar-refractivity contribution in [2.45, 2.75) is 0 Å². The summed E-state index contributed by atoms with van der Waals surface area (Å²) in [6.45, 7) is 0. The Balaban J connectivity index is 2.10.